The van der Waals surface area contributed by atoms with E-state index in [4.69, 9.17) is 10.5 Å². The minimum atomic E-state index is -3.82. The molecule has 0 spiro atoms. The first-order valence-corrected chi connectivity index (χ1v) is 7.35. The van der Waals surface area contributed by atoms with Gasteiger partial charge in [0.1, 0.15) is 5.60 Å². The van der Waals surface area contributed by atoms with Crippen molar-refractivity contribution in [2.45, 2.75) is 30.1 Å². The number of aryl methyl sites for hydroxylation is 1. The highest BCUT2D eigenvalue weighted by Crippen LogP contribution is 2.25. The van der Waals surface area contributed by atoms with Crippen LogP contribution < -0.4 is 10.5 Å². The van der Waals surface area contributed by atoms with Crippen LogP contribution in [-0.4, -0.2) is 47.9 Å². The van der Waals surface area contributed by atoms with Crippen LogP contribution in [0.25, 0.3) is 0 Å². The average Bonchev–Trinajstić information content (AvgIpc) is 2.82. The highest BCUT2D eigenvalue weighted by Gasteiger charge is 2.40. The van der Waals surface area contributed by atoms with Gasteiger partial charge in [-0.05, 0) is 6.92 Å². The van der Waals surface area contributed by atoms with Gasteiger partial charge in [0.25, 0.3) is 10.0 Å². The lowest BCUT2D eigenvalue weighted by molar-refractivity contribution is -0.0228. The Morgan fingerprint density at radius 3 is 2.89 bits per heavy atom. The molecule has 1 aromatic heterocycles. The summed E-state index contributed by atoms with van der Waals surface area (Å²) in [4.78, 5) is 3.73. The van der Waals surface area contributed by atoms with Gasteiger partial charge in [0.2, 0.25) is 0 Å². The number of aliphatic hydroxyl groups is 1. The van der Waals surface area contributed by atoms with Crippen LogP contribution in [0.3, 0.4) is 0 Å². The molecule has 0 aromatic carbocycles. The van der Waals surface area contributed by atoms with Crippen molar-refractivity contribution in [2.24, 2.45) is 7.05 Å². The molecular weight excluding hydrogens is 272 g/mol. The summed E-state index contributed by atoms with van der Waals surface area (Å²) in [5.74, 6) is -0.0716. The van der Waals surface area contributed by atoms with Gasteiger partial charge in [0.15, 0.2) is 10.8 Å². The number of anilines is 1. The first-order chi connectivity index (χ1) is 8.76. The minimum absolute atomic E-state index is 0.0716. The molecule has 2 unspecified atom stereocenters. The number of hydrogen-bond acceptors (Lipinski definition) is 6. The molecule has 0 bridgehead atoms. The lowest BCUT2D eigenvalue weighted by Gasteiger charge is -2.26. The van der Waals surface area contributed by atoms with Gasteiger partial charge in [-0.1, -0.05) is 0 Å². The predicted molar refractivity (Wildman–Crippen MR) is 67.8 cm³/mol. The van der Waals surface area contributed by atoms with Gasteiger partial charge < -0.3 is 20.1 Å². The van der Waals surface area contributed by atoms with Crippen LogP contribution in [0.1, 0.15) is 13.3 Å². The molecule has 8 nitrogen and oxygen atoms in total. The second-order valence-corrected chi connectivity index (χ2v) is 6.42. The molecule has 1 saturated heterocycles. The number of ether oxygens (including phenoxy) is 1. The number of aromatic nitrogens is 2. The van der Waals surface area contributed by atoms with Gasteiger partial charge in [-0.15, -0.1) is 0 Å². The van der Waals surface area contributed by atoms with Crippen LogP contribution in [0.5, 0.6) is 0 Å². The van der Waals surface area contributed by atoms with Gasteiger partial charge in [-0.25, -0.2) is 18.1 Å². The van der Waals surface area contributed by atoms with E-state index in [0.717, 1.165) is 0 Å². The fourth-order valence-electron chi connectivity index (χ4n) is 2.06. The van der Waals surface area contributed by atoms with Gasteiger partial charge in [0, 0.05) is 26.6 Å². The Balaban J connectivity index is 2.15. The van der Waals surface area contributed by atoms with Crippen LogP contribution >= 0.6 is 0 Å². The molecular formula is C10H18N4O4S. The molecule has 2 atom stereocenters. The first kappa shape index (κ1) is 14.3. The van der Waals surface area contributed by atoms with Crippen molar-refractivity contribution >= 4 is 15.8 Å². The summed E-state index contributed by atoms with van der Waals surface area (Å²) < 4.78 is 33.2. The van der Waals surface area contributed by atoms with Gasteiger partial charge in [0.05, 0.1) is 12.4 Å². The Kier molecular flexibility index (Phi) is 3.56. The molecule has 2 heterocycles. The van der Waals surface area contributed by atoms with Crippen LogP contribution in [0.2, 0.25) is 0 Å². The van der Waals surface area contributed by atoms with Gasteiger partial charge >= 0.3 is 0 Å². The van der Waals surface area contributed by atoms with Crippen molar-refractivity contribution in [3.63, 3.8) is 0 Å². The van der Waals surface area contributed by atoms with Crippen molar-refractivity contribution in [1.29, 1.82) is 0 Å². The first-order valence-electron chi connectivity index (χ1n) is 5.87. The number of rotatable bonds is 4. The fourth-order valence-corrected chi connectivity index (χ4v) is 3.39. The average molecular weight is 290 g/mol. The smallest absolute Gasteiger partial charge is 0.260 e. The van der Waals surface area contributed by atoms with E-state index in [2.05, 4.69) is 9.71 Å². The highest BCUT2D eigenvalue weighted by molar-refractivity contribution is 7.89. The number of nitrogens with zero attached hydrogens (tertiary/aromatic N) is 2. The Bertz CT molecular complexity index is 551. The Hall–Kier alpha value is -1.16. The van der Waals surface area contributed by atoms with E-state index in [0.29, 0.717) is 13.0 Å². The van der Waals surface area contributed by atoms with Crippen LogP contribution in [-0.2, 0) is 21.8 Å². The fraction of sp³-hybridized carbons (Fsp3) is 0.700. The maximum atomic E-state index is 12.1. The number of imidazole rings is 1. The third-order valence-corrected chi connectivity index (χ3v) is 4.92. The summed E-state index contributed by atoms with van der Waals surface area (Å²) in [6, 6.07) is 0. The zero-order valence-corrected chi connectivity index (χ0v) is 11.6. The number of nitrogens with two attached hydrogens (primary N) is 1. The van der Waals surface area contributed by atoms with E-state index in [1.54, 1.807) is 6.92 Å². The molecule has 9 heteroatoms. The number of nitrogen functional groups attached to an aromatic ring is 1. The minimum Gasteiger partial charge on any atom is -0.386 e. The zero-order valence-electron chi connectivity index (χ0n) is 10.8. The molecule has 0 saturated carbocycles. The van der Waals surface area contributed by atoms with Crippen molar-refractivity contribution in [1.82, 2.24) is 14.3 Å². The molecule has 1 aliphatic rings. The molecule has 4 N–H and O–H groups in total. The maximum absolute atomic E-state index is 12.1. The molecule has 108 valence electrons. The quantitative estimate of drug-likeness (QED) is 0.642. The molecule has 2 rings (SSSR count). The topological polar surface area (TPSA) is 119 Å². The normalized spacial score (nSPS) is 27.8. The van der Waals surface area contributed by atoms with E-state index >= 15 is 0 Å². The van der Waals surface area contributed by atoms with E-state index in [1.165, 1.54) is 17.9 Å². The van der Waals surface area contributed by atoms with E-state index in [1.807, 2.05) is 0 Å². The zero-order chi connectivity index (χ0) is 14.3. The van der Waals surface area contributed by atoms with Crippen molar-refractivity contribution in [3.8, 4) is 0 Å². The van der Waals surface area contributed by atoms with E-state index in [9.17, 15) is 13.5 Å². The SMILES string of the molecule is CC1OCCC1(O)CNS(=O)(=O)c1c(N)ncn1C. The number of hydrogen-bond donors (Lipinski definition) is 3. The third-order valence-electron chi connectivity index (χ3n) is 3.39. The largest absolute Gasteiger partial charge is 0.386 e. The summed E-state index contributed by atoms with van der Waals surface area (Å²) in [5, 5.41) is 10.1. The molecule has 0 radical (unpaired) electrons. The van der Waals surface area contributed by atoms with E-state index < -0.39 is 21.7 Å². The Morgan fingerprint density at radius 1 is 1.74 bits per heavy atom. The summed E-state index contributed by atoms with van der Waals surface area (Å²) in [5.41, 5.74) is 4.34. The third kappa shape index (κ3) is 2.59. The molecule has 0 amide bonds. The molecule has 1 fully saturated rings. The second kappa shape index (κ2) is 4.75. The number of sulfonamides is 1. The maximum Gasteiger partial charge on any atom is 0.260 e. The van der Waals surface area contributed by atoms with Crippen molar-refractivity contribution < 1.29 is 18.3 Å². The summed E-state index contributed by atoms with van der Waals surface area (Å²) in [7, 11) is -2.28. The van der Waals surface area contributed by atoms with E-state index in [-0.39, 0.29) is 17.4 Å². The van der Waals surface area contributed by atoms with Gasteiger partial charge in [-0.3, -0.25) is 0 Å². The molecule has 1 aromatic rings. The molecule has 0 aliphatic carbocycles. The summed E-state index contributed by atoms with van der Waals surface area (Å²) >= 11 is 0. The molecule has 19 heavy (non-hydrogen) atoms. The monoisotopic (exact) mass is 290 g/mol. The summed E-state index contributed by atoms with van der Waals surface area (Å²) in [6.45, 7) is 1.99. The lowest BCUT2D eigenvalue weighted by Crippen LogP contribution is -2.47. The molecule has 1 aliphatic heterocycles. The Morgan fingerprint density at radius 2 is 2.42 bits per heavy atom. The standard InChI is InChI=1S/C10H18N4O4S/c1-7-10(15,3-4-18-7)5-13-19(16,17)9-8(11)12-6-14(9)2/h6-7,13,15H,3-5,11H2,1-2H3. The second-order valence-electron chi connectivity index (χ2n) is 4.74. The van der Waals surface area contributed by atoms with Crippen LogP contribution in [0, 0.1) is 0 Å². The lowest BCUT2D eigenvalue weighted by atomic mass is 9.97. The number of nitrogens with one attached hydrogen (secondary N) is 1. The van der Waals surface area contributed by atoms with Crippen LogP contribution in [0.4, 0.5) is 5.82 Å². The van der Waals surface area contributed by atoms with Crippen molar-refractivity contribution in [2.75, 3.05) is 18.9 Å². The van der Waals surface area contributed by atoms with Crippen molar-refractivity contribution in [3.05, 3.63) is 6.33 Å². The highest BCUT2D eigenvalue weighted by atomic mass is 32.2. The summed E-state index contributed by atoms with van der Waals surface area (Å²) in [6.07, 6.45) is 1.29. The van der Waals surface area contributed by atoms with Gasteiger partial charge in [-0.2, -0.15) is 0 Å². The predicted octanol–water partition coefficient (Wildman–Crippen LogP) is -1.18. The van der Waals surface area contributed by atoms with Crippen LogP contribution in [0.15, 0.2) is 11.4 Å². The Labute approximate surface area is 111 Å².